The second-order valence-corrected chi connectivity index (χ2v) is 7.53. The third kappa shape index (κ3) is 2.74. The van der Waals surface area contributed by atoms with E-state index in [1.165, 1.54) is 38.5 Å². The number of carboxylic acids is 1. The highest BCUT2D eigenvalue weighted by Gasteiger charge is 2.59. The Balaban J connectivity index is 1.96. The number of aliphatic carboxylic acids is 1. The molecule has 0 spiro atoms. The Labute approximate surface area is 123 Å². The average molecular weight is 281 g/mol. The van der Waals surface area contributed by atoms with Crippen LogP contribution in [0.15, 0.2) is 0 Å². The summed E-state index contributed by atoms with van der Waals surface area (Å²) in [5.74, 6) is 0.152. The smallest absolute Gasteiger partial charge is 0.320 e. The Morgan fingerprint density at radius 1 is 1.30 bits per heavy atom. The minimum absolute atomic E-state index is 0.262. The van der Waals surface area contributed by atoms with E-state index in [1.54, 1.807) is 0 Å². The Morgan fingerprint density at radius 3 is 2.40 bits per heavy atom. The lowest BCUT2D eigenvalue weighted by Crippen LogP contribution is -2.44. The van der Waals surface area contributed by atoms with E-state index in [0.29, 0.717) is 5.41 Å². The maximum absolute atomic E-state index is 11.6. The van der Waals surface area contributed by atoms with Crippen molar-refractivity contribution in [1.82, 2.24) is 5.32 Å². The summed E-state index contributed by atoms with van der Waals surface area (Å²) >= 11 is 0. The number of unbranched alkanes of at least 4 members (excludes halogenated alkanes) is 2. The molecule has 2 aliphatic carbocycles. The van der Waals surface area contributed by atoms with Gasteiger partial charge in [-0.15, -0.1) is 0 Å². The number of rotatable bonds is 8. The van der Waals surface area contributed by atoms with Gasteiger partial charge in [0.05, 0.1) is 0 Å². The molecule has 0 radical (unpaired) electrons. The number of hydrogen-bond acceptors (Lipinski definition) is 2. The zero-order chi connectivity index (χ0) is 14.8. The van der Waals surface area contributed by atoms with E-state index >= 15 is 0 Å². The highest BCUT2D eigenvalue weighted by Crippen LogP contribution is 2.67. The Bertz CT molecular complexity index is 343. The molecule has 2 saturated carbocycles. The third-order valence-electron chi connectivity index (χ3n) is 6.39. The van der Waals surface area contributed by atoms with Crippen LogP contribution in [0.2, 0.25) is 0 Å². The molecule has 20 heavy (non-hydrogen) atoms. The lowest BCUT2D eigenvalue weighted by atomic mass is 9.66. The standard InChI is InChI=1S/C17H31NO2/c1-4-5-6-11-18-14(15(19)20)12-17-9-7-13(8-10-17)16(17,2)3/h13-14,18H,4-12H2,1-3H3,(H,19,20)/t13?,14-,17?/m1/s1. The summed E-state index contributed by atoms with van der Waals surface area (Å²) in [6.07, 6.45) is 9.31. The van der Waals surface area contributed by atoms with Crippen LogP contribution in [0.3, 0.4) is 0 Å². The molecule has 2 fully saturated rings. The van der Waals surface area contributed by atoms with Crippen LogP contribution in [-0.4, -0.2) is 23.7 Å². The van der Waals surface area contributed by atoms with Gasteiger partial charge in [0.1, 0.15) is 6.04 Å². The van der Waals surface area contributed by atoms with Gasteiger partial charge in [0, 0.05) is 0 Å². The predicted molar refractivity (Wildman–Crippen MR) is 81.7 cm³/mol. The number of hydrogen-bond donors (Lipinski definition) is 2. The van der Waals surface area contributed by atoms with Crippen LogP contribution < -0.4 is 5.32 Å². The van der Waals surface area contributed by atoms with Crippen molar-refractivity contribution >= 4 is 5.97 Å². The van der Waals surface area contributed by atoms with Crippen LogP contribution in [0.5, 0.6) is 0 Å². The van der Waals surface area contributed by atoms with E-state index in [9.17, 15) is 9.90 Å². The normalized spacial score (nSPS) is 32.5. The van der Waals surface area contributed by atoms with Crippen molar-refractivity contribution in [2.24, 2.45) is 16.7 Å². The zero-order valence-corrected chi connectivity index (χ0v) is 13.4. The van der Waals surface area contributed by atoms with E-state index in [4.69, 9.17) is 0 Å². The van der Waals surface area contributed by atoms with Gasteiger partial charge in [0.25, 0.3) is 0 Å². The molecule has 0 aromatic heterocycles. The van der Waals surface area contributed by atoms with Crippen LogP contribution in [0, 0.1) is 16.7 Å². The SMILES string of the molecule is CCCCCN[C@H](CC12CCC(CC1)C2(C)C)C(=O)O. The molecule has 0 aromatic rings. The fourth-order valence-electron chi connectivity index (χ4n) is 4.73. The van der Waals surface area contributed by atoms with Crippen molar-refractivity contribution in [2.45, 2.75) is 78.2 Å². The molecule has 0 aliphatic heterocycles. The van der Waals surface area contributed by atoms with Gasteiger partial charge >= 0.3 is 5.97 Å². The van der Waals surface area contributed by atoms with E-state index in [2.05, 4.69) is 26.1 Å². The third-order valence-corrected chi connectivity index (χ3v) is 6.39. The second kappa shape index (κ2) is 6.05. The average Bonchev–Trinajstić information content (AvgIpc) is 2.79. The van der Waals surface area contributed by atoms with Crippen molar-refractivity contribution in [1.29, 1.82) is 0 Å². The van der Waals surface area contributed by atoms with Gasteiger partial charge in [-0.05, 0) is 61.8 Å². The molecule has 2 rings (SSSR count). The van der Waals surface area contributed by atoms with Crippen molar-refractivity contribution in [3.8, 4) is 0 Å². The molecule has 116 valence electrons. The largest absolute Gasteiger partial charge is 0.480 e. The topological polar surface area (TPSA) is 49.3 Å². The summed E-state index contributed by atoms with van der Waals surface area (Å²) in [5.41, 5.74) is 0.588. The van der Waals surface area contributed by atoms with Crippen molar-refractivity contribution in [3.05, 3.63) is 0 Å². The van der Waals surface area contributed by atoms with Crippen LogP contribution in [0.4, 0.5) is 0 Å². The molecule has 0 amide bonds. The summed E-state index contributed by atoms with van der Waals surface area (Å²) in [4.78, 5) is 11.6. The Kier molecular flexibility index (Phi) is 4.78. The van der Waals surface area contributed by atoms with Crippen LogP contribution >= 0.6 is 0 Å². The van der Waals surface area contributed by atoms with Gasteiger partial charge in [-0.2, -0.15) is 0 Å². The zero-order valence-electron chi connectivity index (χ0n) is 13.4. The van der Waals surface area contributed by atoms with Crippen LogP contribution in [0.25, 0.3) is 0 Å². The van der Waals surface area contributed by atoms with E-state index in [1.807, 2.05) is 0 Å². The molecule has 2 aliphatic rings. The summed E-state index contributed by atoms with van der Waals surface area (Å²) in [7, 11) is 0. The summed E-state index contributed by atoms with van der Waals surface area (Å²) in [6, 6.07) is -0.358. The lowest BCUT2D eigenvalue weighted by molar-refractivity contribution is -0.140. The highest BCUT2D eigenvalue weighted by atomic mass is 16.4. The molecular weight excluding hydrogens is 250 g/mol. The monoisotopic (exact) mass is 281 g/mol. The minimum atomic E-state index is -0.665. The van der Waals surface area contributed by atoms with Crippen molar-refractivity contribution in [3.63, 3.8) is 0 Å². The molecule has 0 saturated heterocycles. The summed E-state index contributed by atoms with van der Waals surface area (Å²) in [6.45, 7) is 7.75. The minimum Gasteiger partial charge on any atom is -0.480 e. The molecule has 2 N–H and O–H groups in total. The number of carbonyl (C=O) groups is 1. The van der Waals surface area contributed by atoms with E-state index in [0.717, 1.165) is 25.3 Å². The lowest BCUT2D eigenvalue weighted by Gasteiger charge is -2.40. The molecule has 0 heterocycles. The van der Waals surface area contributed by atoms with Crippen LogP contribution in [-0.2, 0) is 4.79 Å². The van der Waals surface area contributed by atoms with Gasteiger partial charge < -0.3 is 10.4 Å². The molecule has 0 aromatic carbocycles. The predicted octanol–water partition coefficient (Wildman–Crippen LogP) is 3.83. The maximum atomic E-state index is 11.6. The first kappa shape index (κ1) is 15.8. The summed E-state index contributed by atoms with van der Waals surface area (Å²) in [5, 5.41) is 12.8. The first-order chi connectivity index (χ1) is 9.43. The van der Waals surface area contributed by atoms with Gasteiger partial charge in [-0.3, -0.25) is 4.79 Å². The van der Waals surface area contributed by atoms with Gasteiger partial charge in [-0.25, -0.2) is 0 Å². The molecule has 2 bridgehead atoms. The number of nitrogens with one attached hydrogen (secondary N) is 1. The summed E-state index contributed by atoms with van der Waals surface area (Å²) < 4.78 is 0. The van der Waals surface area contributed by atoms with E-state index < -0.39 is 5.97 Å². The van der Waals surface area contributed by atoms with Gasteiger partial charge in [-0.1, -0.05) is 33.6 Å². The fourth-order valence-corrected chi connectivity index (χ4v) is 4.73. The second-order valence-electron chi connectivity index (χ2n) is 7.53. The van der Waals surface area contributed by atoms with E-state index in [-0.39, 0.29) is 11.5 Å². The molecule has 3 nitrogen and oxygen atoms in total. The molecule has 3 heteroatoms. The van der Waals surface area contributed by atoms with Crippen molar-refractivity contribution in [2.75, 3.05) is 6.54 Å². The van der Waals surface area contributed by atoms with Crippen LogP contribution in [0.1, 0.15) is 72.1 Å². The number of carboxylic acid groups (broad SMARTS) is 1. The number of fused-ring (bicyclic) bond motifs is 2. The molecular formula is C17H31NO2. The molecule has 0 unspecified atom stereocenters. The van der Waals surface area contributed by atoms with Crippen molar-refractivity contribution < 1.29 is 9.90 Å². The Hall–Kier alpha value is -0.570. The highest BCUT2D eigenvalue weighted by molar-refractivity contribution is 5.73. The van der Waals surface area contributed by atoms with Gasteiger partial charge in [0.15, 0.2) is 0 Å². The maximum Gasteiger partial charge on any atom is 0.320 e. The first-order valence-electron chi connectivity index (χ1n) is 8.39. The quantitative estimate of drug-likeness (QED) is 0.665. The Morgan fingerprint density at radius 2 is 1.95 bits per heavy atom. The fraction of sp³-hybridized carbons (Fsp3) is 0.941. The van der Waals surface area contributed by atoms with Gasteiger partial charge in [0.2, 0.25) is 0 Å². The first-order valence-corrected chi connectivity index (χ1v) is 8.39. The molecule has 1 atom stereocenters.